The molecule has 1 aromatic carbocycles. The highest BCUT2D eigenvalue weighted by molar-refractivity contribution is 5.36. The van der Waals surface area contributed by atoms with Gasteiger partial charge in [-0.15, -0.1) is 0 Å². The van der Waals surface area contributed by atoms with Gasteiger partial charge in [0.1, 0.15) is 11.6 Å². The van der Waals surface area contributed by atoms with Crippen molar-refractivity contribution in [2.45, 2.75) is 6.10 Å². The third-order valence-corrected chi connectivity index (χ3v) is 2.47. The van der Waals surface area contributed by atoms with Gasteiger partial charge in [0.15, 0.2) is 0 Å². The second kappa shape index (κ2) is 4.59. The summed E-state index contributed by atoms with van der Waals surface area (Å²) in [7, 11) is 1.54. The predicted octanol–water partition coefficient (Wildman–Crippen LogP) is 1.50. The summed E-state index contributed by atoms with van der Waals surface area (Å²) in [5.74, 6) is 0.253. The van der Waals surface area contributed by atoms with E-state index < -0.39 is 0 Å². The molecular formula is C11H14FNO2. The zero-order valence-electron chi connectivity index (χ0n) is 8.63. The lowest BCUT2D eigenvalue weighted by Crippen LogP contribution is -2.33. The maximum absolute atomic E-state index is 13.0. The fourth-order valence-electron chi connectivity index (χ4n) is 1.72. The van der Waals surface area contributed by atoms with E-state index in [4.69, 9.17) is 9.47 Å². The van der Waals surface area contributed by atoms with Crippen LogP contribution in [-0.4, -0.2) is 26.8 Å². The van der Waals surface area contributed by atoms with Crippen molar-refractivity contribution in [2.24, 2.45) is 0 Å². The second-order valence-electron chi connectivity index (χ2n) is 3.45. The summed E-state index contributed by atoms with van der Waals surface area (Å²) in [6, 6.07) is 4.52. The first-order valence-corrected chi connectivity index (χ1v) is 4.97. The van der Waals surface area contributed by atoms with E-state index in [9.17, 15) is 4.39 Å². The molecule has 1 aromatic rings. The summed E-state index contributed by atoms with van der Waals surface area (Å²) in [5.41, 5.74) is 0.895. The van der Waals surface area contributed by atoms with Gasteiger partial charge in [-0.25, -0.2) is 4.39 Å². The molecule has 0 unspecified atom stereocenters. The van der Waals surface area contributed by atoms with Gasteiger partial charge in [-0.05, 0) is 12.1 Å². The highest BCUT2D eigenvalue weighted by atomic mass is 19.1. The average Bonchev–Trinajstić information content (AvgIpc) is 2.30. The maximum atomic E-state index is 13.0. The van der Waals surface area contributed by atoms with Gasteiger partial charge >= 0.3 is 0 Å². The van der Waals surface area contributed by atoms with Crippen LogP contribution in [0.15, 0.2) is 18.2 Å². The number of nitrogens with one attached hydrogen (secondary N) is 1. The molecule has 1 aliphatic rings. The minimum Gasteiger partial charge on any atom is -0.496 e. The summed E-state index contributed by atoms with van der Waals surface area (Å²) < 4.78 is 23.7. The first-order valence-electron chi connectivity index (χ1n) is 4.97. The van der Waals surface area contributed by atoms with Crippen molar-refractivity contribution in [2.75, 3.05) is 26.8 Å². The Kier molecular flexibility index (Phi) is 3.18. The lowest BCUT2D eigenvalue weighted by atomic mass is 10.1. The molecule has 0 amide bonds. The Hall–Kier alpha value is -1.13. The van der Waals surface area contributed by atoms with Crippen LogP contribution >= 0.6 is 0 Å². The fraction of sp³-hybridized carbons (Fsp3) is 0.455. The molecule has 1 fully saturated rings. The summed E-state index contributed by atoms with van der Waals surface area (Å²) in [4.78, 5) is 0. The van der Waals surface area contributed by atoms with Crippen molar-refractivity contribution >= 4 is 0 Å². The molecule has 1 heterocycles. The molecule has 4 heteroatoms. The van der Waals surface area contributed by atoms with Gasteiger partial charge < -0.3 is 14.8 Å². The predicted molar refractivity (Wildman–Crippen MR) is 54.5 cm³/mol. The van der Waals surface area contributed by atoms with Crippen LogP contribution in [0.5, 0.6) is 5.75 Å². The molecule has 2 rings (SSSR count). The molecule has 1 aliphatic heterocycles. The third kappa shape index (κ3) is 2.27. The van der Waals surface area contributed by atoms with Crippen LogP contribution in [0.3, 0.4) is 0 Å². The summed E-state index contributed by atoms with van der Waals surface area (Å²) >= 11 is 0. The number of hydrogen-bond acceptors (Lipinski definition) is 3. The Balaban J connectivity index is 2.25. The van der Waals surface area contributed by atoms with Gasteiger partial charge in [0.2, 0.25) is 0 Å². The van der Waals surface area contributed by atoms with E-state index >= 15 is 0 Å². The Morgan fingerprint density at radius 1 is 1.53 bits per heavy atom. The molecule has 1 atom stereocenters. The smallest absolute Gasteiger partial charge is 0.127 e. The van der Waals surface area contributed by atoms with E-state index in [1.165, 1.54) is 19.2 Å². The van der Waals surface area contributed by atoms with Crippen LogP contribution in [0.4, 0.5) is 4.39 Å². The van der Waals surface area contributed by atoms with Gasteiger partial charge in [-0.3, -0.25) is 0 Å². The molecule has 0 spiro atoms. The van der Waals surface area contributed by atoms with Gasteiger partial charge in [-0.1, -0.05) is 0 Å². The first kappa shape index (κ1) is 10.4. The lowest BCUT2D eigenvalue weighted by Gasteiger charge is -2.25. The maximum Gasteiger partial charge on any atom is 0.127 e. The molecule has 0 aliphatic carbocycles. The van der Waals surface area contributed by atoms with Gasteiger partial charge in [0.25, 0.3) is 0 Å². The van der Waals surface area contributed by atoms with E-state index in [2.05, 4.69) is 5.32 Å². The molecule has 0 aromatic heterocycles. The van der Waals surface area contributed by atoms with Crippen LogP contribution in [0.1, 0.15) is 11.7 Å². The van der Waals surface area contributed by atoms with E-state index in [0.717, 1.165) is 18.7 Å². The van der Waals surface area contributed by atoms with Gasteiger partial charge in [0, 0.05) is 24.7 Å². The zero-order chi connectivity index (χ0) is 10.7. The normalized spacial score (nSPS) is 21.3. The topological polar surface area (TPSA) is 30.5 Å². The number of methoxy groups -OCH3 is 1. The SMILES string of the molecule is COc1cc(F)ccc1[C@H]1CNCCO1. The molecule has 1 N–H and O–H groups in total. The Morgan fingerprint density at radius 3 is 3.07 bits per heavy atom. The summed E-state index contributed by atoms with van der Waals surface area (Å²) in [6.07, 6.45) is -0.0469. The molecule has 3 nitrogen and oxygen atoms in total. The van der Waals surface area contributed by atoms with E-state index in [0.29, 0.717) is 12.4 Å². The lowest BCUT2D eigenvalue weighted by molar-refractivity contribution is 0.0262. The van der Waals surface area contributed by atoms with E-state index in [1.54, 1.807) is 6.07 Å². The molecular weight excluding hydrogens is 197 g/mol. The van der Waals surface area contributed by atoms with Crippen molar-refractivity contribution in [3.8, 4) is 5.75 Å². The second-order valence-corrected chi connectivity index (χ2v) is 3.45. The van der Waals surface area contributed by atoms with Gasteiger partial charge in [-0.2, -0.15) is 0 Å². The van der Waals surface area contributed by atoms with Crippen molar-refractivity contribution in [3.63, 3.8) is 0 Å². The van der Waals surface area contributed by atoms with E-state index in [-0.39, 0.29) is 11.9 Å². The third-order valence-electron chi connectivity index (χ3n) is 2.47. The quantitative estimate of drug-likeness (QED) is 0.804. The number of hydrogen-bond donors (Lipinski definition) is 1. The number of benzene rings is 1. The number of ether oxygens (including phenoxy) is 2. The van der Waals surface area contributed by atoms with Crippen LogP contribution in [0.25, 0.3) is 0 Å². The van der Waals surface area contributed by atoms with Crippen LogP contribution in [0, 0.1) is 5.82 Å². The molecule has 0 bridgehead atoms. The van der Waals surface area contributed by atoms with E-state index in [1.807, 2.05) is 0 Å². The minimum absolute atomic E-state index is 0.0469. The summed E-state index contributed by atoms with van der Waals surface area (Å²) in [5, 5.41) is 3.22. The Labute approximate surface area is 88.2 Å². The molecule has 1 saturated heterocycles. The zero-order valence-corrected chi connectivity index (χ0v) is 8.63. The molecule has 0 radical (unpaired) electrons. The Bertz CT molecular complexity index is 337. The van der Waals surface area contributed by atoms with Crippen molar-refractivity contribution in [1.82, 2.24) is 5.32 Å². The van der Waals surface area contributed by atoms with Crippen molar-refractivity contribution in [3.05, 3.63) is 29.6 Å². The van der Waals surface area contributed by atoms with Crippen molar-refractivity contribution in [1.29, 1.82) is 0 Å². The monoisotopic (exact) mass is 211 g/mol. The fourth-order valence-corrected chi connectivity index (χ4v) is 1.72. The largest absolute Gasteiger partial charge is 0.496 e. The minimum atomic E-state index is -0.292. The highest BCUT2D eigenvalue weighted by Crippen LogP contribution is 2.28. The number of rotatable bonds is 2. The highest BCUT2D eigenvalue weighted by Gasteiger charge is 2.19. The molecule has 15 heavy (non-hydrogen) atoms. The van der Waals surface area contributed by atoms with Crippen LogP contribution < -0.4 is 10.1 Å². The number of morpholine rings is 1. The standard InChI is InChI=1S/C11H14FNO2/c1-14-10-6-8(12)2-3-9(10)11-7-13-4-5-15-11/h2-3,6,11,13H,4-5,7H2,1H3/t11-/m1/s1. The van der Waals surface area contributed by atoms with Crippen LogP contribution in [0.2, 0.25) is 0 Å². The summed E-state index contributed by atoms with van der Waals surface area (Å²) in [6.45, 7) is 2.27. The van der Waals surface area contributed by atoms with Gasteiger partial charge in [0.05, 0.1) is 19.8 Å². The van der Waals surface area contributed by atoms with Crippen molar-refractivity contribution < 1.29 is 13.9 Å². The molecule has 0 saturated carbocycles. The van der Waals surface area contributed by atoms with Crippen LogP contribution in [-0.2, 0) is 4.74 Å². The Morgan fingerprint density at radius 2 is 2.40 bits per heavy atom. The first-order chi connectivity index (χ1) is 7.31. The average molecular weight is 211 g/mol. The number of halogens is 1. The molecule has 82 valence electrons.